The zero-order chi connectivity index (χ0) is 12.0. The van der Waals surface area contributed by atoms with Crippen LogP contribution in [-0.2, 0) is 19.0 Å². The fourth-order valence-electron chi connectivity index (χ4n) is 2.64. The topological polar surface area (TPSA) is 44.8 Å². The Morgan fingerprint density at radius 3 is 2.31 bits per heavy atom. The fourth-order valence-corrected chi connectivity index (χ4v) is 2.64. The molecule has 0 amide bonds. The van der Waals surface area contributed by atoms with Gasteiger partial charge in [-0.2, -0.15) is 0 Å². The summed E-state index contributed by atoms with van der Waals surface area (Å²) in [4.78, 5) is 11.6. The third-order valence-corrected chi connectivity index (χ3v) is 3.82. The highest BCUT2D eigenvalue weighted by Crippen LogP contribution is 2.46. The molecule has 0 spiro atoms. The molecule has 2 heterocycles. The van der Waals surface area contributed by atoms with Crippen molar-refractivity contribution < 1.29 is 19.0 Å². The predicted molar refractivity (Wildman–Crippen MR) is 57.8 cm³/mol. The lowest BCUT2D eigenvalue weighted by atomic mass is 9.71. The molecule has 0 N–H and O–H groups in total. The number of carbonyl (C=O) groups excluding carboxylic acids is 1. The van der Waals surface area contributed by atoms with E-state index in [4.69, 9.17) is 14.2 Å². The van der Waals surface area contributed by atoms with Crippen LogP contribution in [0.2, 0.25) is 0 Å². The quantitative estimate of drug-likeness (QED) is 0.692. The van der Waals surface area contributed by atoms with E-state index in [1.807, 2.05) is 27.7 Å². The highest BCUT2D eigenvalue weighted by Gasteiger charge is 2.60. The summed E-state index contributed by atoms with van der Waals surface area (Å²) in [5.41, 5.74) is -0.353. The summed E-state index contributed by atoms with van der Waals surface area (Å²) in [6.07, 6.45) is 1.34. The van der Waals surface area contributed by atoms with Crippen LogP contribution in [0, 0.1) is 5.41 Å². The van der Waals surface area contributed by atoms with Crippen LogP contribution in [0.25, 0.3) is 0 Å². The summed E-state index contributed by atoms with van der Waals surface area (Å²) >= 11 is 0. The molecule has 0 saturated carbocycles. The molecule has 0 aromatic rings. The molecule has 0 radical (unpaired) electrons. The first-order valence-corrected chi connectivity index (χ1v) is 5.98. The van der Waals surface area contributed by atoms with Gasteiger partial charge >= 0.3 is 5.97 Å². The van der Waals surface area contributed by atoms with Gasteiger partial charge < -0.3 is 14.2 Å². The van der Waals surface area contributed by atoms with Crippen molar-refractivity contribution >= 4 is 5.97 Å². The molecule has 4 nitrogen and oxygen atoms in total. The molecule has 0 aromatic heterocycles. The van der Waals surface area contributed by atoms with E-state index in [-0.39, 0.29) is 23.6 Å². The summed E-state index contributed by atoms with van der Waals surface area (Å²) in [5.74, 6) is -0.643. The van der Waals surface area contributed by atoms with Gasteiger partial charge in [-0.05, 0) is 26.7 Å². The average molecular weight is 228 g/mol. The monoisotopic (exact) mass is 228 g/mol. The van der Waals surface area contributed by atoms with E-state index in [1.165, 1.54) is 0 Å². The van der Waals surface area contributed by atoms with Gasteiger partial charge in [0.05, 0.1) is 6.61 Å². The van der Waals surface area contributed by atoms with Crippen molar-refractivity contribution in [1.82, 2.24) is 0 Å². The Morgan fingerprint density at radius 2 is 1.94 bits per heavy atom. The van der Waals surface area contributed by atoms with E-state index in [9.17, 15) is 4.79 Å². The number of ether oxygens (including phenoxy) is 3. The molecular formula is C12H20O4. The second kappa shape index (κ2) is 3.70. The van der Waals surface area contributed by atoms with Crippen molar-refractivity contribution in [2.45, 2.75) is 58.5 Å². The van der Waals surface area contributed by atoms with Crippen LogP contribution in [0.3, 0.4) is 0 Å². The van der Waals surface area contributed by atoms with E-state index in [0.29, 0.717) is 6.61 Å². The second-order valence-electron chi connectivity index (χ2n) is 5.06. The Labute approximate surface area is 96.2 Å². The third-order valence-electron chi connectivity index (χ3n) is 3.82. The summed E-state index contributed by atoms with van der Waals surface area (Å²) in [5, 5.41) is 0. The average Bonchev–Trinajstić information content (AvgIpc) is 2.57. The lowest BCUT2D eigenvalue weighted by Crippen LogP contribution is -2.61. The number of cyclic esters (lactones) is 1. The van der Waals surface area contributed by atoms with Crippen LogP contribution < -0.4 is 0 Å². The van der Waals surface area contributed by atoms with Gasteiger partial charge in [0, 0.05) is 0 Å². The van der Waals surface area contributed by atoms with Crippen molar-refractivity contribution in [2.24, 2.45) is 5.41 Å². The van der Waals surface area contributed by atoms with Crippen LogP contribution in [0.5, 0.6) is 0 Å². The minimum absolute atomic E-state index is 0.0872. The Kier molecular flexibility index (Phi) is 2.75. The smallest absolute Gasteiger partial charge is 0.316 e. The molecule has 0 aliphatic carbocycles. The molecule has 2 aliphatic heterocycles. The summed E-state index contributed by atoms with van der Waals surface area (Å²) in [6, 6.07) is 0. The lowest BCUT2D eigenvalue weighted by Gasteiger charge is -2.48. The van der Waals surface area contributed by atoms with Gasteiger partial charge in [-0.3, -0.25) is 4.79 Å². The molecule has 0 aromatic carbocycles. The maximum absolute atomic E-state index is 11.6. The summed E-state index contributed by atoms with van der Waals surface area (Å²) in [7, 11) is 0. The normalized spacial score (nSPS) is 35.6. The van der Waals surface area contributed by atoms with Gasteiger partial charge in [-0.25, -0.2) is 0 Å². The standard InChI is InChI=1S/C12H20O4/c1-5-12(6-2)9(15-10(12)13)8-7-14-11(3,4)16-8/h8-9H,5-7H2,1-4H3/t8-,9-/m0/s1. The Bertz CT molecular complexity index is 293. The number of carbonyl (C=O) groups is 1. The number of hydrogen-bond acceptors (Lipinski definition) is 4. The molecule has 4 heteroatoms. The van der Waals surface area contributed by atoms with Crippen molar-refractivity contribution in [2.75, 3.05) is 6.61 Å². The van der Waals surface area contributed by atoms with Crippen LogP contribution in [-0.4, -0.2) is 30.6 Å². The van der Waals surface area contributed by atoms with Crippen LogP contribution in [0.1, 0.15) is 40.5 Å². The SMILES string of the molecule is CCC1(CC)C(=O)O[C@H]1[C@@H]1COC(C)(C)O1. The van der Waals surface area contributed by atoms with Crippen molar-refractivity contribution in [3.8, 4) is 0 Å². The number of rotatable bonds is 3. The number of hydrogen-bond donors (Lipinski definition) is 0. The molecule has 2 rings (SSSR count). The van der Waals surface area contributed by atoms with E-state index in [0.717, 1.165) is 12.8 Å². The Hall–Kier alpha value is -0.610. The highest BCUT2D eigenvalue weighted by molar-refractivity contribution is 5.83. The van der Waals surface area contributed by atoms with Crippen molar-refractivity contribution in [3.63, 3.8) is 0 Å². The molecule has 2 fully saturated rings. The van der Waals surface area contributed by atoms with Gasteiger partial charge in [0.1, 0.15) is 17.6 Å². The van der Waals surface area contributed by atoms with E-state index >= 15 is 0 Å². The largest absolute Gasteiger partial charge is 0.458 e. The fraction of sp³-hybridized carbons (Fsp3) is 0.917. The number of esters is 1. The minimum Gasteiger partial charge on any atom is -0.458 e. The molecule has 92 valence electrons. The maximum Gasteiger partial charge on any atom is 0.316 e. The van der Waals surface area contributed by atoms with Gasteiger partial charge in [-0.15, -0.1) is 0 Å². The molecule has 2 atom stereocenters. The molecule has 2 aliphatic rings. The van der Waals surface area contributed by atoms with E-state index in [1.54, 1.807) is 0 Å². The maximum atomic E-state index is 11.6. The minimum atomic E-state index is -0.556. The van der Waals surface area contributed by atoms with Gasteiger partial charge in [-0.1, -0.05) is 13.8 Å². The zero-order valence-electron chi connectivity index (χ0n) is 10.4. The molecule has 0 unspecified atom stereocenters. The molecule has 2 saturated heterocycles. The Balaban J connectivity index is 2.09. The van der Waals surface area contributed by atoms with Crippen LogP contribution >= 0.6 is 0 Å². The second-order valence-corrected chi connectivity index (χ2v) is 5.06. The first-order chi connectivity index (χ1) is 7.45. The predicted octanol–water partition coefficient (Wildman–Crippen LogP) is 1.87. The highest BCUT2D eigenvalue weighted by atomic mass is 16.8. The van der Waals surface area contributed by atoms with E-state index in [2.05, 4.69) is 0 Å². The molecular weight excluding hydrogens is 208 g/mol. The molecule has 0 bridgehead atoms. The summed E-state index contributed by atoms with van der Waals surface area (Å²) < 4.78 is 16.5. The van der Waals surface area contributed by atoms with Gasteiger partial charge in [0.25, 0.3) is 0 Å². The lowest BCUT2D eigenvalue weighted by molar-refractivity contribution is -0.235. The Morgan fingerprint density at radius 1 is 1.31 bits per heavy atom. The van der Waals surface area contributed by atoms with Gasteiger partial charge in [0.15, 0.2) is 5.79 Å². The third kappa shape index (κ3) is 1.55. The van der Waals surface area contributed by atoms with Gasteiger partial charge in [0.2, 0.25) is 0 Å². The first kappa shape index (κ1) is 11.9. The zero-order valence-corrected chi connectivity index (χ0v) is 10.4. The van der Waals surface area contributed by atoms with Crippen molar-refractivity contribution in [3.05, 3.63) is 0 Å². The summed E-state index contributed by atoms with van der Waals surface area (Å²) in [6.45, 7) is 8.32. The van der Waals surface area contributed by atoms with E-state index < -0.39 is 5.79 Å². The van der Waals surface area contributed by atoms with Crippen molar-refractivity contribution in [1.29, 1.82) is 0 Å². The van der Waals surface area contributed by atoms with Crippen LogP contribution in [0.4, 0.5) is 0 Å². The first-order valence-electron chi connectivity index (χ1n) is 5.98. The van der Waals surface area contributed by atoms with Crippen LogP contribution in [0.15, 0.2) is 0 Å². The molecule has 16 heavy (non-hydrogen) atoms.